The summed E-state index contributed by atoms with van der Waals surface area (Å²) in [6, 6.07) is 12.4. The quantitative estimate of drug-likeness (QED) is 0.582. The monoisotopic (exact) mass is 393 g/mol. The van der Waals surface area contributed by atoms with Crippen LogP contribution < -0.4 is 4.90 Å². The highest BCUT2D eigenvalue weighted by atomic mass is 35.5. The fourth-order valence-corrected chi connectivity index (χ4v) is 4.38. The number of hydrogen-bond donors (Lipinski definition) is 0. The van der Waals surface area contributed by atoms with E-state index in [9.17, 15) is 4.79 Å². The third-order valence-electron chi connectivity index (χ3n) is 5.71. The smallest absolute Gasteiger partial charge is 0.224 e. The number of carbonyl (C=O) groups excluding carboxylic acids is 1. The Bertz CT molecular complexity index is 1080. The second-order valence-corrected chi connectivity index (χ2v) is 7.97. The van der Waals surface area contributed by atoms with Gasteiger partial charge in [0.25, 0.3) is 0 Å². The summed E-state index contributed by atoms with van der Waals surface area (Å²) in [5.74, 6) is 0.0412. The maximum Gasteiger partial charge on any atom is 0.224 e. The van der Waals surface area contributed by atoms with E-state index in [-0.39, 0.29) is 5.91 Å². The number of benzene rings is 2. The molecule has 0 radical (unpaired) electrons. The Balaban J connectivity index is 1.80. The summed E-state index contributed by atoms with van der Waals surface area (Å²) in [6.45, 7) is 6.34. The topological polar surface area (TPSA) is 38.1 Å². The van der Waals surface area contributed by atoms with Gasteiger partial charge in [0, 0.05) is 35.9 Å². The normalized spacial score (nSPS) is 13.5. The van der Waals surface area contributed by atoms with Crippen LogP contribution in [0.3, 0.4) is 0 Å². The Kier molecular flexibility index (Phi) is 4.76. The molecule has 0 unspecified atom stereocenters. The first-order chi connectivity index (χ1) is 13.3. The van der Waals surface area contributed by atoms with Gasteiger partial charge in [-0.25, -0.2) is 0 Å². The van der Waals surface area contributed by atoms with E-state index < -0.39 is 0 Å². The molecule has 144 valence electrons. The van der Waals surface area contributed by atoms with E-state index in [1.807, 2.05) is 34.8 Å². The first-order valence-corrected chi connectivity index (χ1v) is 9.92. The molecule has 0 N–H and O–H groups in total. The average Bonchev–Trinajstić information content (AvgIpc) is 2.89. The van der Waals surface area contributed by atoms with Crippen LogP contribution in [0.2, 0.25) is 5.02 Å². The molecule has 1 amide bonds. The lowest BCUT2D eigenvalue weighted by atomic mass is 9.92. The number of amides is 1. The maximum absolute atomic E-state index is 12.4. The van der Waals surface area contributed by atoms with Gasteiger partial charge in [-0.1, -0.05) is 29.8 Å². The Hall–Kier alpha value is -2.59. The standard InChI is InChI=1S/C23H24ClN3O/c1-14-23(15(2)26(4)25-14)19-7-8-20-13-27(16(3)28)22-10-9-21(24)12-18(22)6-5-17(20)11-19/h7-12H,5-6,13H2,1-4H3. The zero-order chi connectivity index (χ0) is 20.0. The molecule has 2 aromatic carbocycles. The molecular formula is C23H24ClN3O. The van der Waals surface area contributed by atoms with Crippen molar-refractivity contribution in [2.24, 2.45) is 7.05 Å². The number of halogens is 1. The van der Waals surface area contributed by atoms with E-state index in [2.05, 4.69) is 37.1 Å². The molecule has 28 heavy (non-hydrogen) atoms. The van der Waals surface area contributed by atoms with E-state index in [0.717, 1.165) is 35.5 Å². The van der Waals surface area contributed by atoms with Gasteiger partial charge in [0.15, 0.2) is 0 Å². The minimum Gasteiger partial charge on any atom is -0.308 e. The van der Waals surface area contributed by atoms with Crippen LogP contribution in [0.25, 0.3) is 11.1 Å². The fourth-order valence-electron chi connectivity index (χ4n) is 4.18. The highest BCUT2D eigenvalue weighted by Crippen LogP contribution is 2.33. The zero-order valence-corrected chi connectivity index (χ0v) is 17.5. The third kappa shape index (κ3) is 3.22. The average molecular weight is 394 g/mol. The van der Waals surface area contributed by atoms with Gasteiger partial charge in [0.2, 0.25) is 5.91 Å². The molecule has 0 saturated heterocycles. The molecule has 0 fully saturated rings. The van der Waals surface area contributed by atoms with Gasteiger partial charge in [-0.15, -0.1) is 0 Å². The molecule has 2 heterocycles. The SMILES string of the molecule is CC(=O)N1Cc2ccc(-c3c(C)nn(C)c3C)cc2CCc2cc(Cl)ccc21. The van der Waals surface area contributed by atoms with Crippen LogP contribution >= 0.6 is 11.6 Å². The molecule has 0 bridgehead atoms. The highest BCUT2D eigenvalue weighted by molar-refractivity contribution is 6.30. The zero-order valence-electron chi connectivity index (χ0n) is 16.7. The van der Waals surface area contributed by atoms with Crippen molar-refractivity contribution < 1.29 is 4.79 Å². The van der Waals surface area contributed by atoms with Crippen LogP contribution in [0.15, 0.2) is 36.4 Å². The molecule has 0 saturated carbocycles. The van der Waals surface area contributed by atoms with Gasteiger partial charge < -0.3 is 4.90 Å². The highest BCUT2D eigenvalue weighted by Gasteiger charge is 2.22. The molecule has 0 aliphatic carbocycles. The van der Waals surface area contributed by atoms with E-state index in [4.69, 9.17) is 11.6 Å². The molecule has 0 spiro atoms. The van der Waals surface area contributed by atoms with E-state index in [1.165, 1.54) is 22.3 Å². The fraction of sp³-hybridized carbons (Fsp3) is 0.304. The summed E-state index contributed by atoms with van der Waals surface area (Å²) in [7, 11) is 1.98. The largest absolute Gasteiger partial charge is 0.308 e. The first kappa shape index (κ1) is 18.8. The summed E-state index contributed by atoms with van der Waals surface area (Å²) < 4.78 is 1.93. The Morgan fingerprint density at radius 1 is 1.04 bits per heavy atom. The van der Waals surface area contributed by atoms with Gasteiger partial charge in [0.05, 0.1) is 12.2 Å². The minimum absolute atomic E-state index is 0.0412. The predicted octanol–water partition coefficient (Wildman–Crippen LogP) is 5.01. The number of aryl methyl sites for hydroxylation is 4. The van der Waals surface area contributed by atoms with Crippen LogP contribution in [0, 0.1) is 13.8 Å². The number of carbonyl (C=O) groups is 1. The predicted molar refractivity (Wildman–Crippen MR) is 114 cm³/mol. The molecular weight excluding hydrogens is 370 g/mol. The number of fused-ring (bicyclic) bond motifs is 2. The van der Waals surface area contributed by atoms with Gasteiger partial charge >= 0.3 is 0 Å². The van der Waals surface area contributed by atoms with Crippen LogP contribution in [-0.4, -0.2) is 15.7 Å². The lowest BCUT2D eigenvalue weighted by Gasteiger charge is -2.28. The summed E-state index contributed by atoms with van der Waals surface area (Å²) in [5.41, 5.74) is 9.12. The second kappa shape index (κ2) is 7.10. The lowest BCUT2D eigenvalue weighted by Crippen LogP contribution is -2.30. The number of nitrogens with zero attached hydrogens (tertiary/aromatic N) is 3. The van der Waals surface area contributed by atoms with Crippen LogP contribution in [-0.2, 0) is 31.2 Å². The molecule has 1 aromatic heterocycles. The molecule has 1 aliphatic rings. The van der Waals surface area contributed by atoms with Gasteiger partial charge in [-0.05, 0) is 67.1 Å². The number of aromatic nitrogens is 2. The van der Waals surface area contributed by atoms with Crippen molar-refractivity contribution in [1.29, 1.82) is 0 Å². The number of anilines is 1. The van der Waals surface area contributed by atoms with Crippen molar-refractivity contribution in [3.63, 3.8) is 0 Å². The molecule has 3 aromatic rings. The Morgan fingerprint density at radius 2 is 1.79 bits per heavy atom. The van der Waals surface area contributed by atoms with Crippen molar-refractivity contribution in [3.05, 3.63) is 69.5 Å². The second-order valence-electron chi connectivity index (χ2n) is 7.53. The summed E-state index contributed by atoms with van der Waals surface area (Å²) >= 11 is 6.23. The molecule has 1 aliphatic heterocycles. The van der Waals surface area contributed by atoms with Crippen LogP contribution in [0.4, 0.5) is 5.69 Å². The van der Waals surface area contributed by atoms with Crippen molar-refractivity contribution in [2.45, 2.75) is 40.2 Å². The summed E-state index contributed by atoms with van der Waals surface area (Å²) in [4.78, 5) is 14.2. The lowest BCUT2D eigenvalue weighted by molar-refractivity contribution is -0.116. The van der Waals surface area contributed by atoms with Crippen molar-refractivity contribution >= 4 is 23.2 Å². The van der Waals surface area contributed by atoms with E-state index in [1.54, 1.807) is 6.92 Å². The van der Waals surface area contributed by atoms with E-state index >= 15 is 0 Å². The van der Waals surface area contributed by atoms with Gasteiger partial charge in [-0.2, -0.15) is 5.10 Å². The Labute approximate surface area is 170 Å². The van der Waals surface area contributed by atoms with Crippen LogP contribution in [0.1, 0.15) is 35.0 Å². The Morgan fingerprint density at radius 3 is 2.46 bits per heavy atom. The summed E-state index contributed by atoms with van der Waals surface area (Å²) in [5, 5.41) is 5.26. The minimum atomic E-state index is 0.0412. The van der Waals surface area contributed by atoms with E-state index in [0.29, 0.717) is 11.6 Å². The summed E-state index contributed by atoms with van der Waals surface area (Å²) in [6.07, 6.45) is 1.77. The molecule has 0 atom stereocenters. The molecule has 4 rings (SSSR count). The van der Waals surface area contributed by atoms with Crippen molar-refractivity contribution in [3.8, 4) is 11.1 Å². The van der Waals surface area contributed by atoms with Crippen molar-refractivity contribution in [2.75, 3.05) is 4.90 Å². The van der Waals surface area contributed by atoms with Gasteiger partial charge in [0.1, 0.15) is 0 Å². The van der Waals surface area contributed by atoms with Crippen LogP contribution in [0.5, 0.6) is 0 Å². The first-order valence-electron chi connectivity index (χ1n) is 9.54. The number of rotatable bonds is 1. The van der Waals surface area contributed by atoms with Gasteiger partial charge in [-0.3, -0.25) is 9.48 Å². The third-order valence-corrected chi connectivity index (χ3v) is 5.94. The molecule has 4 nitrogen and oxygen atoms in total. The van der Waals surface area contributed by atoms with Crippen molar-refractivity contribution in [1.82, 2.24) is 9.78 Å². The molecule has 5 heteroatoms. The maximum atomic E-state index is 12.4. The number of hydrogen-bond acceptors (Lipinski definition) is 2.